The lowest BCUT2D eigenvalue weighted by Gasteiger charge is -2.23. The molecule has 1 aromatic heterocycles. The largest absolute Gasteiger partial charge is 0.436 e. The SMILES string of the molecule is CC1(C)c2ccccc2-c2cc3c(-c4nc5ccccc5o4)c4ccccc4c(-c4ccc(-c5ccccc5)cc4)c3cc21. The van der Waals surface area contributed by atoms with Crippen LogP contribution in [0.5, 0.6) is 0 Å². The summed E-state index contributed by atoms with van der Waals surface area (Å²) in [4.78, 5) is 5.03. The molecule has 0 saturated carbocycles. The average molecular weight is 564 g/mol. The summed E-state index contributed by atoms with van der Waals surface area (Å²) in [5, 5.41) is 4.70. The lowest BCUT2D eigenvalue weighted by molar-refractivity contribution is 0.621. The van der Waals surface area contributed by atoms with Crippen LogP contribution < -0.4 is 0 Å². The Morgan fingerprint density at radius 1 is 0.477 bits per heavy atom. The van der Waals surface area contributed by atoms with Crippen LogP contribution in [0.4, 0.5) is 0 Å². The molecule has 0 bridgehead atoms. The molecule has 0 radical (unpaired) electrons. The maximum atomic E-state index is 6.50. The molecule has 0 saturated heterocycles. The first-order valence-corrected chi connectivity index (χ1v) is 15.2. The second-order valence-electron chi connectivity index (χ2n) is 12.3. The van der Waals surface area contributed by atoms with Gasteiger partial charge in [-0.05, 0) is 90.3 Å². The van der Waals surface area contributed by atoms with E-state index in [-0.39, 0.29) is 5.41 Å². The predicted molar refractivity (Wildman–Crippen MR) is 183 cm³/mol. The van der Waals surface area contributed by atoms with Gasteiger partial charge < -0.3 is 4.42 Å². The van der Waals surface area contributed by atoms with Gasteiger partial charge in [0.1, 0.15) is 5.52 Å². The molecule has 8 aromatic rings. The van der Waals surface area contributed by atoms with E-state index in [9.17, 15) is 0 Å². The molecule has 1 aliphatic rings. The third-order valence-corrected chi connectivity index (χ3v) is 9.51. The lowest BCUT2D eigenvalue weighted by atomic mass is 9.80. The lowest BCUT2D eigenvalue weighted by Crippen LogP contribution is -2.14. The van der Waals surface area contributed by atoms with Gasteiger partial charge in [0, 0.05) is 5.41 Å². The van der Waals surface area contributed by atoms with Crippen molar-refractivity contribution in [1.82, 2.24) is 4.98 Å². The van der Waals surface area contributed by atoms with E-state index < -0.39 is 0 Å². The van der Waals surface area contributed by atoms with E-state index in [1.54, 1.807) is 0 Å². The number of benzene rings is 7. The second-order valence-corrected chi connectivity index (χ2v) is 12.3. The Morgan fingerprint density at radius 3 is 1.89 bits per heavy atom. The summed E-state index contributed by atoms with van der Waals surface area (Å²) in [5.74, 6) is 0.656. The average Bonchev–Trinajstić information content (AvgIpc) is 3.59. The van der Waals surface area contributed by atoms with Crippen molar-refractivity contribution in [3.63, 3.8) is 0 Å². The number of fused-ring (bicyclic) bond motifs is 6. The van der Waals surface area contributed by atoms with E-state index in [0.717, 1.165) is 27.4 Å². The molecular weight excluding hydrogens is 534 g/mol. The van der Waals surface area contributed by atoms with E-state index >= 15 is 0 Å². The van der Waals surface area contributed by atoms with Crippen molar-refractivity contribution in [3.8, 4) is 44.8 Å². The highest BCUT2D eigenvalue weighted by Gasteiger charge is 2.36. The van der Waals surface area contributed by atoms with Crippen LogP contribution in [-0.2, 0) is 5.41 Å². The number of nitrogens with zero attached hydrogens (tertiary/aromatic N) is 1. The predicted octanol–water partition coefficient (Wildman–Crippen LogP) is 11.4. The molecular formula is C42H29NO. The number of hydrogen-bond acceptors (Lipinski definition) is 2. The third-order valence-electron chi connectivity index (χ3n) is 9.51. The summed E-state index contributed by atoms with van der Waals surface area (Å²) in [7, 11) is 0. The number of hydrogen-bond donors (Lipinski definition) is 0. The number of oxazole rings is 1. The fraction of sp³-hybridized carbons (Fsp3) is 0.0714. The van der Waals surface area contributed by atoms with Crippen molar-refractivity contribution < 1.29 is 4.42 Å². The summed E-state index contributed by atoms with van der Waals surface area (Å²) >= 11 is 0. The minimum atomic E-state index is -0.113. The van der Waals surface area contributed by atoms with Crippen molar-refractivity contribution in [3.05, 3.63) is 151 Å². The molecule has 9 rings (SSSR count). The smallest absolute Gasteiger partial charge is 0.228 e. The highest BCUT2D eigenvalue weighted by atomic mass is 16.3. The monoisotopic (exact) mass is 563 g/mol. The van der Waals surface area contributed by atoms with E-state index in [1.165, 1.54) is 55.3 Å². The van der Waals surface area contributed by atoms with Crippen molar-refractivity contribution in [1.29, 1.82) is 0 Å². The second kappa shape index (κ2) is 9.26. The van der Waals surface area contributed by atoms with Gasteiger partial charge in [-0.1, -0.05) is 129 Å². The van der Waals surface area contributed by atoms with E-state index in [1.807, 2.05) is 24.3 Å². The maximum absolute atomic E-state index is 6.50. The summed E-state index contributed by atoms with van der Waals surface area (Å²) in [6, 6.07) is 50.1. The van der Waals surface area contributed by atoms with Crippen molar-refractivity contribution in [2.24, 2.45) is 0 Å². The van der Waals surface area contributed by atoms with Gasteiger partial charge in [-0.15, -0.1) is 0 Å². The first-order chi connectivity index (χ1) is 21.6. The van der Waals surface area contributed by atoms with Crippen LogP contribution in [0.3, 0.4) is 0 Å². The van der Waals surface area contributed by atoms with Crippen LogP contribution in [-0.4, -0.2) is 4.98 Å². The Bertz CT molecular complexity index is 2360. The Labute approximate surface area is 256 Å². The molecule has 208 valence electrons. The quantitative estimate of drug-likeness (QED) is 0.200. The van der Waals surface area contributed by atoms with Gasteiger partial charge in [0.2, 0.25) is 5.89 Å². The third kappa shape index (κ3) is 3.58. The van der Waals surface area contributed by atoms with Crippen LogP contribution in [0, 0.1) is 0 Å². The van der Waals surface area contributed by atoms with E-state index in [4.69, 9.17) is 9.40 Å². The van der Waals surface area contributed by atoms with Gasteiger partial charge in [0.15, 0.2) is 5.58 Å². The Kier molecular flexibility index (Phi) is 5.28. The summed E-state index contributed by atoms with van der Waals surface area (Å²) < 4.78 is 6.50. The van der Waals surface area contributed by atoms with Crippen molar-refractivity contribution in [2.45, 2.75) is 19.3 Å². The fourth-order valence-corrected chi connectivity index (χ4v) is 7.35. The molecule has 7 aromatic carbocycles. The van der Waals surface area contributed by atoms with Crippen LogP contribution >= 0.6 is 0 Å². The van der Waals surface area contributed by atoms with Crippen LogP contribution in [0.2, 0.25) is 0 Å². The summed E-state index contributed by atoms with van der Waals surface area (Å²) in [6.07, 6.45) is 0. The topological polar surface area (TPSA) is 26.0 Å². The molecule has 2 heteroatoms. The van der Waals surface area contributed by atoms with E-state index in [2.05, 4.69) is 129 Å². The molecule has 0 fully saturated rings. The molecule has 0 N–H and O–H groups in total. The van der Waals surface area contributed by atoms with Gasteiger partial charge >= 0.3 is 0 Å². The van der Waals surface area contributed by atoms with Gasteiger partial charge in [-0.25, -0.2) is 4.98 Å². The summed E-state index contributed by atoms with van der Waals surface area (Å²) in [6.45, 7) is 4.70. The van der Waals surface area contributed by atoms with Crippen molar-refractivity contribution >= 4 is 32.6 Å². The number of para-hydroxylation sites is 2. The highest BCUT2D eigenvalue weighted by Crippen LogP contribution is 2.53. The molecule has 0 unspecified atom stereocenters. The number of aromatic nitrogens is 1. The van der Waals surface area contributed by atoms with Gasteiger partial charge in [0.05, 0.1) is 5.56 Å². The van der Waals surface area contributed by atoms with E-state index in [0.29, 0.717) is 5.89 Å². The molecule has 0 atom stereocenters. The molecule has 0 amide bonds. The fourth-order valence-electron chi connectivity index (χ4n) is 7.35. The minimum Gasteiger partial charge on any atom is -0.436 e. The zero-order valence-electron chi connectivity index (χ0n) is 24.6. The van der Waals surface area contributed by atoms with Gasteiger partial charge in [0.25, 0.3) is 0 Å². The molecule has 0 aliphatic heterocycles. The highest BCUT2D eigenvalue weighted by molar-refractivity contribution is 6.22. The Hall–Kier alpha value is -5.47. The van der Waals surface area contributed by atoms with Crippen molar-refractivity contribution in [2.75, 3.05) is 0 Å². The molecule has 2 nitrogen and oxygen atoms in total. The van der Waals surface area contributed by atoms with Crippen LogP contribution in [0.1, 0.15) is 25.0 Å². The van der Waals surface area contributed by atoms with Gasteiger partial charge in [-0.3, -0.25) is 0 Å². The molecule has 1 aliphatic carbocycles. The number of rotatable bonds is 3. The standard InChI is InChI=1S/C42H29NO/c1-42(2)35-17-9-8-14-29(35)32-24-33-34(25-36(32)42)39(28-22-20-27(21-23-28)26-12-4-3-5-13-26)30-15-6-7-16-31(30)40(33)41-43-37-18-10-11-19-38(37)44-41/h3-25H,1-2H3. The first-order valence-electron chi connectivity index (χ1n) is 15.2. The Morgan fingerprint density at radius 2 is 1.09 bits per heavy atom. The Balaban J connectivity index is 1.40. The zero-order valence-corrected chi connectivity index (χ0v) is 24.6. The summed E-state index contributed by atoms with van der Waals surface area (Å²) in [5.41, 5.74) is 12.8. The van der Waals surface area contributed by atoms with Crippen LogP contribution in [0.25, 0.3) is 77.5 Å². The van der Waals surface area contributed by atoms with Crippen LogP contribution in [0.15, 0.2) is 144 Å². The maximum Gasteiger partial charge on any atom is 0.228 e. The minimum absolute atomic E-state index is 0.113. The van der Waals surface area contributed by atoms with Gasteiger partial charge in [-0.2, -0.15) is 0 Å². The molecule has 0 spiro atoms. The zero-order chi connectivity index (χ0) is 29.4. The molecule has 1 heterocycles. The molecule has 44 heavy (non-hydrogen) atoms. The normalized spacial score (nSPS) is 13.4. The first kappa shape index (κ1) is 25.1.